The van der Waals surface area contributed by atoms with Crippen molar-refractivity contribution >= 4 is 26.7 Å². The molecule has 2 aromatic carbocycles. The molecule has 0 unspecified atom stereocenters. The number of sulfonamides is 1. The van der Waals surface area contributed by atoms with Gasteiger partial charge in [0.25, 0.3) is 0 Å². The number of rotatable bonds is 4. The van der Waals surface area contributed by atoms with Crippen LogP contribution in [0.3, 0.4) is 0 Å². The summed E-state index contributed by atoms with van der Waals surface area (Å²) in [7, 11) is -1.85. The van der Waals surface area contributed by atoms with Crippen molar-refractivity contribution in [1.29, 1.82) is 0 Å². The van der Waals surface area contributed by atoms with E-state index in [1.807, 2.05) is 44.2 Å². The van der Waals surface area contributed by atoms with E-state index < -0.39 is 10.0 Å². The molecule has 7 heteroatoms. The van der Waals surface area contributed by atoms with Gasteiger partial charge in [0.2, 0.25) is 10.0 Å². The first-order chi connectivity index (χ1) is 14.3. The maximum atomic E-state index is 13.1. The number of piperazine rings is 1. The number of hydrogen-bond acceptors (Lipinski definition) is 5. The summed E-state index contributed by atoms with van der Waals surface area (Å²) in [5.41, 5.74) is 3.88. The lowest BCUT2D eigenvalue weighted by molar-refractivity contribution is 0.383. The van der Waals surface area contributed by atoms with Crippen molar-refractivity contribution in [2.45, 2.75) is 25.7 Å². The number of fused-ring (bicyclic) bond motifs is 1. The molecule has 0 aliphatic carbocycles. The molecule has 1 fully saturated rings. The Morgan fingerprint density at radius 2 is 1.63 bits per heavy atom. The molecule has 1 aliphatic heterocycles. The summed E-state index contributed by atoms with van der Waals surface area (Å²) in [5, 5.41) is 1.09. The zero-order chi connectivity index (χ0) is 21.5. The smallest absolute Gasteiger partial charge is 0.243 e. The highest BCUT2D eigenvalue weighted by molar-refractivity contribution is 7.89. The van der Waals surface area contributed by atoms with Gasteiger partial charge < -0.3 is 9.64 Å². The average Bonchev–Trinajstić information content (AvgIpc) is 2.73. The molecule has 1 aromatic heterocycles. The quantitative estimate of drug-likeness (QED) is 0.638. The van der Waals surface area contributed by atoms with Crippen LogP contribution in [-0.2, 0) is 10.0 Å². The van der Waals surface area contributed by atoms with E-state index in [1.54, 1.807) is 17.5 Å². The van der Waals surface area contributed by atoms with Gasteiger partial charge in [0, 0.05) is 37.6 Å². The van der Waals surface area contributed by atoms with Gasteiger partial charge in [-0.2, -0.15) is 4.31 Å². The standard InChI is InChI=1S/C23H27N3O3S/c1-16-5-8-22(18(3)13-16)30(27,28)26-11-9-25(10-12-26)23-14-17(2)20-7-6-19(29-4)15-21(20)24-23/h5-8,13-15H,9-12H2,1-4H3. The van der Waals surface area contributed by atoms with Gasteiger partial charge in [-0.3, -0.25) is 0 Å². The monoisotopic (exact) mass is 425 g/mol. The molecule has 0 N–H and O–H groups in total. The molecule has 1 aliphatic rings. The van der Waals surface area contributed by atoms with Crippen LogP contribution in [0.25, 0.3) is 10.9 Å². The Morgan fingerprint density at radius 3 is 2.30 bits per heavy atom. The zero-order valence-corrected chi connectivity index (χ0v) is 18.7. The third-order valence-corrected chi connectivity index (χ3v) is 7.78. The number of ether oxygens (including phenoxy) is 1. The second kappa shape index (κ2) is 7.89. The first-order valence-electron chi connectivity index (χ1n) is 10.1. The first kappa shape index (κ1) is 20.6. The Hall–Kier alpha value is -2.64. The molecule has 0 radical (unpaired) electrons. The van der Waals surface area contributed by atoms with Crippen LogP contribution in [-0.4, -0.2) is 51.0 Å². The van der Waals surface area contributed by atoms with E-state index in [4.69, 9.17) is 9.72 Å². The number of anilines is 1. The third kappa shape index (κ3) is 3.75. The van der Waals surface area contributed by atoms with Crippen molar-refractivity contribution in [2.75, 3.05) is 38.2 Å². The van der Waals surface area contributed by atoms with Gasteiger partial charge in [-0.25, -0.2) is 13.4 Å². The number of aryl methyl sites for hydroxylation is 3. The Bertz CT molecular complexity index is 1200. The molecule has 2 heterocycles. The summed E-state index contributed by atoms with van der Waals surface area (Å²) in [6.45, 7) is 7.97. The van der Waals surface area contributed by atoms with Gasteiger partial charge >= 0.3 is 0 Å². The molecule has 6 nitrogen and oxygen atoms in total. The van der Waals surface area contributed by atoms with E-state index in [2.05, 4.69) is 17.9 Å². The third-order valence-electron chi connectivity index (χ3n) is 5.72. The van der Waals surface area contributed by atoms with Crippen molar-refractivity contribution < 1.29 is 13.2 Å². The number of benzene rings is 2. The van der Waals surface area contributed by atoms with Crippen molar-refractivity contribution in [1.82, 2.24) is 9.29 Å². The predicted octanol–water partition coefficient (Wildman–Crippen LogP) is 3.68. The Morgan fingerprint density at radius 1 is 0.900 bits per heavy atom. The average molecular weight is 426 g/mol. The minimum absolute atomic E-state index is 0.397. The maximum absolute atomic E-state index is 13.1. The number of nitrogens with zero attached hydrogens (tertiary/aromatic N) is 3. The SMILES string of the molecule is COc1ccc2c(C)cc(N3CCN(S(=O)(=O)c4ccc(C)cc4C)CC3)nc2c1. The van der Waals surface area contributed by atoms with Crippen LogP contribution in [0.1, 0.15) is 16.7 Å². The molecular weight excluding hydrogens is 398 g/mol. The van der Waals surface area contributed by atoms with Crippen LogP contribution < -0.4 is 9.64 Å². The second-order valence-electron chi connectivity index (χ2n) is 7.84. The summed E-state index contributed by atoms with van der Waals surface area (Å²) in [6.07, 6.45) is 0. The van der Waals surface area contributed by atoms with Crippen LogP contribution in [0.4, 0.5) is 5.82 Å². The minimum atomic E-state index is -3.50. The molecule has 158 valence electrons. The molecular formula is C23H27N3O3S. The lowest BCUT2D eigenvalue weighted by Crippen LogP contribution is -2.49. The van der Waals surface area contributed by atoms with Gasteiger partial charge in [-0.1, -0.05) is 17.7 Å². The fourth-order valence-electron chi connectivity index (χ4n) is 4.04. The summed E-state index contributed by atoms with van der Waals surface area (Å²) in [5.74, 6) is 1.65. The minimum Gasteiger partial charge on any atom is -0.497 e. The topological polar surface area (TPSA) is 62.7 Å². The van der Waals surface area contributed by atoms with Gasteiger partial charge in [-0.15, -0.1) is 0 Å². The van der Waals surface area contributed by atoms with Crippen molar-refractivity contribution in [3.05, 3.63) is 59.2 Å². The van der Waals surface area contributed by atoms with Gasteiger partial charge in [0.1, 0.15) is 11.6 Å². The number of methoxy groups -OCH3 is 1. The summed E-state index contributed by atoms with van der Waals surface area (Å²) < 4.78 is 33.2. The number of pyridine rings is 1. The highest BCUT2D eigenvalue weighted by Gasteiger charge is 2.30. The molecule has 3 aromatic rings. The van der Waals surface area contributed by atoms with Gasteiger partial charge in [0.05, 0.1) is 17.5 Å². The van der Waals surface area contributed by atoms with Crippen LogP contribution >= 0.6 is 0 Å². The molecule has 0 bridgehead atoms. The van der Waals surface area contributed by atoms with Crippen molar-refractivity contribution in [3.63, 3.8) is 0 Å². The lowest BCUT2D eigenvalue weighted by Gasteiger charge is -2.35. The van der Waals surface area contributed by atoms with E-state index >= 15 is 0 Å². The normalized spacial score (nSPS) is 15.5. The Kier molecular flexibility index (Phi) is 5.42. The van der Waals surface area contributed by atoms with Gasteiger partial charge in [-0.05, 0) is 56.2 Å². The molecule has 0 spiro atoms. The van der Waals surface area contributed by atoms with E-state index in [-0.39, 0.29) is 0 Å². The summed E-state index contributed by atoms with van der Waals surface area (Å²) in [4.78, 5) is 7.36. The Balaban J connectivity index is 1.56. The predicted molar refractivity (Wildman–Crippen MR) is 120 cm³/mol. The molecule has 0 atom stereocenters. The molecule has 1 saturated heterocycles. The largest absolute Gasteiger partial charge is 0.497 e. The zero-order valence-electron chi connectivity index (χ0n) is 17.8. The number of hydrogen-bond donors (Lipinski definition) is 0. The second-order valence-corrected chi connectivity index (χ2v) is 9.75. The Labute approximate surface area is 178 Å². The molecule has 4 rings (SSSR count). The van der Waals surface area contributed by atoms with Crippen LogP contribution in [0.15, 0.2) is 47.4 Å². The van der Waals surface area contributed by atoms with Crippen LogP contribution in [0, 0.1) is 20.8 Å². The summed E-state index contributed by atoms with van der Waals surface area (Å²) in [6, 6.07) is 13.5. The van der Waals surface area contributed by atoms with E-state index in [0.717, 1.165) is 39.2 Å². The highest BCUT2D eigenvalue weighted by atomic mass is 32.2. The van der Waals surface area contributed by atoms with Crippen molar-refractivity contribution in [2.24, 2.45) is 0 Å². The molecule has 0 amide bonds. The highest BCUT2D eigenvalue weighted by Crippen LogP contribution is 2.28. The number of aromatic nitrogens is 1. The lowest BCUT2D eigenvalue weighted by atomic mass is 10.1. The van der Waals surface area contributed by atoms with E-state index in [9.17, 15) is 8.42 Å². The summed E-state index contributed by atoms with van der Waals surface area (Å²) >= 11 is 0. The fraction of sp³-hybridized carbons (Fsp3) is 0.348. The van der Waals surface area contributed by atoms with Crippen LogP contribution in [0.5, 0.6) is 5.75 Å². The fourth-order valence-corrected chi connectivity index (χ4v) is 5.67. The van der Waals surface area contributed by atoms with E-state index in [0.29, 0.717) is 31.1 Å². The molecule has 0 saturated carbocycles. The van der Waals surface area contributed by atoms with Crippen LogP contribution in [0.2, 0.25) is 0 Å². The molecule has 30 heavy (non-hydrogen) atoms. The van der Waals surface area contributed by atoms with Gasteiger partial charge in [0.15, 0.2) is 0 Å². The van der Waals surface area contributed by atoms with E-state index in [1.165, 1.54) is 0 Å². The maximum Gasteiger partial charge on any atom is 0.243 e. The van der Waals surface area contributed by atoms with Crippen molar-refractivity contribution in [3.8, 4) is 5.75 Å². The first-order valence-corrected chi connectivity index (χ1v) is 11.5.